The van der Waals surface area contributed by atoms with E-state index in [0.717, 1.165) is 11.1 Å². The van der Waals surface area contributed by atoms with Crippen LogP contribution in [0.3, 0.4) is 0 Å². The number of ether oxygens (including phenoxy) is 1. The molecule has 180 valence electrons. The number of fused-ring (bicyclic) bond motifs is 1. The lowest BCUT2D eigenvalue weighted by atomic mass is 9.88. The second-order valence-corrected chi connectivity index (χ2v) is 9.12. The Labute approximate surface area is 214 Å². The van der Waals surface area contributed by atoms with Crippen molar-refractivity contribution >= 4 is 29.0 Å². The molecule has 1 atom stereocenters. The molecule has 0 bridgehead atoms. The van der Waals surface area contributed by atoms with Gasteiger partial charge in [0.05, 0.1) is 18.7 Å². The summed E-state index contributed by atoms with van der Waals surface area (Å²) in [7, 11) is 0. The van der Waals surface area contributed by atoms with Gasteiger partial charge in [-0.2, -0.15) is 0 Å². The van der Waals surface area contributed by atoms with E-state index < -0.39 is 11.5 Å². The number of carbonyl (C=O) groups excluding carboxylic acids is 2. The Morgan fingerprint density at radius 3 is 2.19 bits per heavy atom. The van der Waals surface area contributed by atoms with Crippen molar-refractivity contribution in [2.45, 2.75) is 12.0 Å². The first-order valence-electron chi connectivity index (χ1n) is 11.7. The van der Waals surface area contributed by atoms with Gasteiger partial charge in [-0.3, -0.25) is 9.59 Å². The Morgan fingerprint density at radius 1 is 0.833 bits per heavy atom. The normalized spacial score (nSPS) is 16.6. The summed E-state index contributed by atoms with van der Waals surface area (Å²) in [4.78, 5) is 28.1. The van der Waals surface area contributed by atoms with E-state index in [4.69, 9.17) is 16.3 Å². The van der Waals surface area contributed by atoms with E-state index in [1.807, 2.05) is 42.5 Å². The number of rotatable bonds is 8. The molecular weight excluding hydrogens is 474 g/mol. The van der Waals surface area contributed by atoms with Crippen molar-refractivity contribution in [2.24, 2.45) is 0 Å². The lowest BCUT2D eigenvalue weighted by Gasteiger charge is -2.23. The van der Waals surface area contributed by atoms with Gasteiger partial charge in [0.1, 0.15) is 12.4 Å². The number of hydrogen-bond acceptors (Lipinski definition) is 4. The summed E-state index contributed by atoms with van der Waals surface area (Å²) in [5.41, 5.74) is 1.54. The highest BCUT2D eigenvalue weighted by Crippen LogP contribution is 2.42. The molecule has 36 heavy (non-hydrogen) atoms. The number of anilines is 1. The quantitative estimate of drug-likeness (QED) is 0.308. The number of hydrogen-bond donors (Lipinski definition) is 1. The zero-order valence-corrected chi connectivity index (χ0v) is 20.2. The average molecular weight is 498 g/mol. The first kappa shape index (κ1) is 23.8. The predicted octanol–water partition coefficient (Wildman–Crippen LogP) is 5.89. The number of ketones is 1. The Bertz CT molecular complexity index is 1390. The molecule has 0 fully saturated rings. The minimum absolute atomic E-state index is 0.215. The number of carbonyl (C=O) groups is 2. The van der Waals surface area contributed by atoms with E-state index in [1.165, 1.54) is 4.90 Å². The minimum atomic E-state index is -1.94. The van der Waals surface area contributed by atoms with Crippen LogP contribution >= 0.6 is 11.6 Å². The fraction of sp³-hybridized carbons (Fsp3) is 0.133. The second kappa shape index (κ2) is 9.97. The smallest absolute Gasteiger partial charge is 0.264 e. The van der Waals surface area contributed by atoms with E-state index >= 15 is 0 Å². The maximum atomic E-state index is 13.4. The maximum absolute atomic E-state index is 13.4. The highest BCUT2D eigenvalue weighted by Gasteiger charge is 2.50. The van der Waals surface area contributed by atoms with Crippen LogP contribution in [0.25, 0.3) is 11.1 Å². The first-order valence-corrected chi connectivity index (χ1v) is 12.0. The van der Waals surface area contributed by atoms with E-state index in [1.54, 1.807) is 60.7 Å². The zero-order valence-electron chi connectivity index (χ0n) is 19.4. The summed E-state index contributed by atoms with van der Waals surface area (Å²) >= 11 is 5.91. The molecule has 1 unspecified atom stereocenters. The molecule has 1 aliphatic rings. The van der Waals surface area contributed by atoms with Crippen LogP contribution in [0, 0.1) is 0 Å². The molecule has 4 aromatic rings. The molecular formula is C30H24ClNO4. The standard InChI is InChI=1S/C30H24ClNO4/c31-24-14-16-25(17-15-24)36-19-18-32-27-9-5-4-8-26(27)30(35,29(32)34)20-28(33)23-12-10-22(11-13-23)21-6-2-1-3-7-21/h1-17,35H,18-20H2. The molecule has 1 amide bonds. The van der Waals surface area contributed by atoms with Crippen molar-refractivity contribution in [1.82, 2.24) is 0 Å². The van der Waals surface area contributed by atoms with Gasteiger partial charge in [-0.15, -0.1) is 0 Å². The number of aliphatic hydroxyl groups is 1. The summed E-state index contributed by atoms with van der Waals surface area (Å²) < 4.78 is 5.75. The third kappa shape index (κ3) is 4.63. The molecule has 4 aromatic carbocycles. The fourth-order valence-corrected chi connectivity index (χ4v) is 4.62. The van der Waals surface area contributed by atoms with Crippen LogP contribution in [-0.2, 0) is 10.4 Å². The second-order valence-electron chi connectivity index (χ2n) is 8.68. The number of nitrogens with zero attached hydrogens (tertiary/aromatic N) is 1. The molecule has 0 radical (unpaired) electrons. The van der Waals surface area contributed by atoms with Crippen molar-refractivity contribution in [3.63, 3.8) is 0 Å². The van der Waals surface area contributed by atoms with Gasteiger partial charge in [0, 0.05) is 16.1 Å². The fourth-order valence-electron chi connectivity index (χ4n) is 4.50. The van der Waals surface area contributed by atoms with E-state index in [2.05, 4.69) is 0 Å². The topological polar surface area (TPSA) is 66.8 Å². The Morgan fingerprint density at radius 2 is 1.47 bits per heavy atom. The molecule has 1 aliphatic heterocycles. The van der Waals surface area contributed by atoms with Crippen molar-refractivity contribution < 1.29 is 19.4 Å². The molecule has 0 saturated heterocycles. The lowest BCUT2D eigenvalue weighted by molar-refractivity contribution is -0.135. The van der Waals surface area contributed by atoms with Crippen LogP contribution in [0.1, 0.15) is 22.3 Å². The highest BCUT2D eigenvalue weighted by atomic mass is 35.5. The molecule has 0 saturated carbocycles. The van der Waals surface area contributed by atoms with Gasteiger partial charge >= 0.3 is 0 Å². The van der Waals surface area contributed by atoms with E-state index in [9.17, 15) is 14.7 Å². The van der Waals surface area contributed by atoms with Gasteiger partial charge in [0.2, 0.25) is 0 Å². The summed E-state index contributed by atoms with van der Waals surface area (Å²) in [6.07, 6.45) is -0.345. The van der Waals surface area contributed by atoms with Crippen LogP contribution in [0.4, 0.5) is 5.69 Å². The molecule has 0 aromatic heterocycles. The first-order chi connectivity index (χ1) is 17.5. The largest absolute Gasteiger partial charge is 0.492 e. The van der Waals surface area contributed by atoms with Gasteiger partial charge in [0.15, 0.2) is 11.4 Å². The zero-order chi connectivity index (χ0) is 25.1. The van der Waals surface area contributed by atoms with E-state index in [0.29, 0.717) is 27.6 Å². The summed E-state index contributed by atoms with van der Waals surface area (Å²) in [5.74, 6) is -0.207. The minimum Gasteiger partial charge on any atom is -0.492 e. The van der Waals surface area contributed by atoms with Crippen LogP contribution in [0.2, 0.25) is 5.02 Å². The molecule has 0 aliphatic carbocycles. The van der Waals surface area contributed by atoms with E-state index in [-0.39, 0.29) is 25.4 Å². The van der Waals surface area contributed by atoms with Gasteiger partial charge in [-0.25, -0.2) is 0 Å². The van der Waals surface area contributed by atoms with Crippen molar-refractivity contribution in [3.8, 4) is 16.9 Å². The molecule has 6 heteroatoms. The SMILES string of the molecule is O=C(CC1(O)C(=O)N(CCOc2ccc(Cl)cc2)c2ccccc21)c1ccc(-c2ccccc2)cc1. The third-order valence-corrected chi connectivity index (χ3v) is 6.62. The molecule has 1 heterocycles. The van der Waals surface area contributed by atoms with Gasteiger partial charge in [-0.1, -0.05) is 84.4 Å². The van der Waals surface area contributed by atoms with Crippen molar-refractivity contribution in [1.29, 1.82) is 0 Å². The number of Topliss-reactive ketones (excluding diaryl/α,β-unsaturated/α-hetero) is 1. The average Bonchev–Trinajstić information content (AvgIpc) is 3.12. The van der Waals surface area contributed by atoms with Gasteiger partial charge < -0.3 is 14.7 Å². The summed E-state index contributed by atoms with van der Waals surface area (Å²) in [5, 5.41) is 12.1. The Balaban J connectivity index is 1.32. The number of benzene rings is 4. The third-order valence-electron chi connectivity index (χ3n) is 6.37. The number of amides is 1. The molecule has 1 N–H and O–H groups in total. The Hall–Kier alpha value is -3.93. The number of halogens is 1. The lowest BCUT2D eigenvalue weighted by Crippen LogP contribution is -2.43. The molecule has 5 rings (SSSR count). The van der Waals surface area contributed by atoms with Gasteiger partial charge in [0.25, 0.3) is 5.91 Å². The monoisotopic (exact) mass is 497 g/mol. The van der Waals surface area contributed by atoms with Crippen LogP contribution in [-0.4, -0.2) is 29.9 Å². The van der Waals surface area contributed by atoms with Crippen molar-refractivity contribution in [3.05, 3.63) is 119 Å². The number of para-hydroxylation sites is 1. The van der Waals surface area contributed by atoms with Crippen LogP contribution in [0.15, 0.2) is 103 Å². The summed E-state index contributed by atoms with van der Waals surface area (Å²) in [6, 6.07) is 31.0. The van der Waals surface area contributed by atoms with Gasteiger partial charge in [-0.05, 0) is 41.5 Å². The van der Waals surface area contributed by atoms with Crippen LogP contribution in [0.5, 0.6) is 5.75 Å². The Kier molecular flexibility index (Phi) is 6.59. The maximum Gasteiger partial charge on any atom is 0.264 e. The molecule has 0 spiro atoms. The van der Waals surface area contributed by atoms with Crippen molar-refractivity contribution in [2.75, 3.05) is 18.1 Å². The highest BCUT2D eigenvalue weighted by molar-refractivity contribution is 6.30. The predicted molar refractivity (Wildman–Crippen MR) is 140 cm³/mol. The molecule has 5 nitrogen and oxygen atoms in total. The van der Waals surface area contributed by atoms with Crippen LogP contribution < -0.4 is 9.64 Å². The summed E-state index contributed by atoms with van der Waals surface area (Å²) in [6.45, 7) is 0.438.